The first-order valence-electron chi connectivity index (χ1n) is 19.6. The van der Waals surface area contributed by atoms with Gasteiger partial charge in [-0.3, -0.25) is 9.79 Å². The Morgan fingerprint density at radius 3 is 1.95 bits per heavy atom. The van der Waals surface area contributed by atoms with Gasteiger partial charge in [0.05, 0.1) is 50.9 Å². The van der Waals surface area contributed by atoms with E-state index in [0.717, 1.165) is 49.7 Å². The van der Waals surface area contributed by atoms with E-state index in [1.807, 2.05) is 74.5 Å². The number of aliphatic imine (C=N–C) groups is 1. The molecule has 12 heteroatoms. The van der Waals surface area contributed by atoms with Gasteiger partial charge in [0, 0.05) is 13.0 Å². The highest BCUT2D eigenvalue weighted by Gasteiger charge is 2.41. The van der Waals surface area contributed by atoms with Crippen LogP contribution in [-0.4, -0.2) is 79.0 Å². The summed E-state index contributed by atoms with van der Waals surface area (Å²) in [5.74, 6) is -1.95. The summed E-state index contributed by atoms with van der Waals surface area (Å²) in [6.45, 7) is 7.44. The Hall–Kier alpha value is -5.26. The van der Waals surface area contributed by atoms with Crippen molar-refractivity contribution < 1.29 is 38.1 Å². The number of likely N-dealkylation sites (N-methyl/N-ethyl adjacent to an activating group) is 1. The van der Waals surface area contributed by atoms with Crippen molar-refractivity contribution in [2.75, 3.05) is 27.9 Å². The van der Waals surface area contributed by atoms with E-state index in [-0.39, 0.29) is 42.2 Å². The lowest BCUT2D eigenvalue weighted by Crippen LogP contribution is -2.40. The second-order valence-corrected chi connectivity index (χ2v) is 15.1. The topological polar surface area (TPSA) is 139 Å². The van der Waals surface area contributed by atoms with Crippen molar-refractivity contribution in [2.45, 2.75) is 83.4 Å². The van der Waals surface area contributed by atoms with Crippen LogP contribution in [0.25, 0.3) is 0 Å². The first kappa shape index (κ1) is 41.9. The fourth-order valence-corrected chi connectivity index (χ4v) is 8.56. The van der Waals surface area contributed by atoms with Crippen molar-refractivity contribution in [3.8, 4) is 0 Å². The van der Waals surface area contributed by atoms with E-state index in [0.29, 0.717) is 30.4 Å². The molecule has 56 heavy (non-hydrogen) atoms. The molecule has 3 aromatic rings. The Bertz CT molecular complexity index is 1800. The van der Waals surface area contributed by atoms with Crippen molar-refractivity contribution in [3.05, 3.63) is 102 Å². The fourth-order valence-electron chi connectivity index (χ4n) is 8.56. The van der Waals surface area contributed by atoms with E-state index in [2.05, 4.69) is 16.7 Å². The number of carbonyl (C=O) groups is 4. The highest BCUT2D eigenvalue weighted by atomic mass is 16.6. The summed E-state index contributed by atoms with van der Waals surface area (Å²) in [7, 11) is 4.46. The minimum absolute atomic E-state index is 0.0224. The number of ether oxygens (including phenoxy) is 4. The minimum atomic E-state index is -1.04. The molecule has 2 saturated carbocycles. The average Bonchev–Trinajstić information content (AvgIpc) is 3.75. The maximum absolute atomic E-state index is 13.6. The lowest BCUT2D eigenvalue weighted by molar-refractivity contribution is -0.169. The first-order chi connectivity index (χ1) is 27.1. The molecule has 1 heterocycles. The molecule has 2 aromatic carbocycles. The molecule has 2 aliphatic carbocycles. The lowest BCUT2D eigenvalue weighted by Gasteiger charge is -2.40. The Morgan fingerprint density at radius 1 is 0.839 bits per heavy atom. The molecule has 0 radical (unpaired) electrons. The van der Waals surface area contributed by atoms with E-state index in [4.69, 9.17) is 18.9 Å². The predicted octanol–water partition coefficient (Wildman–Crippen LogP) is 7.37. The highest BCUT2D eigenvalue weighted by Crippen LogP contribution is 2.44. The van der Waals surface area contributed by atoms with E-state index >= 15 is 0 Å². The third-order valence-corrected chi connectivity index (χ3v) is 12.1. The maximum Gasteiger partial charge on any atom is 0.357 e. The number of carbonyl (C=O) groups excluding carboxylic acids is 4. The number of benzene rings is 2. The standard InChI is InChI=1S/C44H56N4O8/c1-29(31-13-9-7-10-14-31)47(4)38(25-45-3)43(51)56-40(44(52)54-6)36-23-19-34(20-24-36)33-17-21-35(22-18-33)37(41(49)53-5)27-55-42(50)39-26-46-28-48(39)30(2)32-15-11-8-12-16-32/h7-16,25-26,28-30,33-37,40H,3,17-24,27H2,1-2,4-6H3/b38-25-/t29-,30-,33?,34?,35?,36?,37?,40?/m1/s1. The number of esters is 4. The quantitative estimate of drug-likeness (QED) is 0.0628. The molecule has 0 spiro atoms. The van der Waals surface area contributed by atoms with Crippen LogP contribution in [0, 0.1) is 29.6 Å². The van der Waals surface area contributed by atoms with Gasteiger partial charge in [0.1, 0.15) is 18.0 Å². The number of rotatable bonds is 16. The van der Waals surface area contributed by atoms with Gasteiger partial charge in [-0.05, 0) is 101 Å². The number of hydrogen-bond donors (Lipinski definition) is 0. The van der Waals surface area contributed by atoms with Crippen LogP contribution in [0.4, 0.5) is 0 Å². The van der Waals surface area contributed by atoms with Gasteiger partial charge in [-0.15, -0.1) is 0 Å². The summed E-state index contributed by atoms with van der Waals surface area (Å²) in [5.41, 5.74) is 2.56. The average molecular weight is 769 g/mol. The summed E-state index contributed by atoms with van der Waals surface area (Å²) in [6, 6.07) is 19.3. The second-order valence-electron chi connectivity index (χ2n) is 15.1. The maximum atomic E-state index is 13.6. The van der Waals surface area contributed by atoms with Crippen LogP contribution in [0.5, 0.6) is 0 Å². The van der Waals surface area contributed by atoms with Crippen molar-refractivity contribution in [1.82, 2.24) is 14.5 Å². The van der Waals surface area contributed by atoms with Crippen molar-refractivity contribution in [3.63, 3.8) is 0 Å². The van der Waals surface area contributed by atoms with Crippen LogP contribution in [0.3, 0.4) is 0 Å². The fraction of sp³-hybridized carbons (Fsp3) is 0.500. The van der Waals surface area contributed by atoms with Crippen LogP contribution < -0.4 is 0 Å². The molecule has 5 rings (SSSR count). The summed E-state index contributed by atoms with van der Waals surface area (Å²) in [5, 5.41) is 0. The number of methoxy groups -OCH3 is 2. The van der Waals surface area contributed by atoms with Gasteiger partial charge in [-0.1, -0.05) is 60.7 Å². The Balaban J connectivity index is 1.14. The zero-order valence-electron chi connectivity index (χ0n) is 33.3. The molecule has 1 aromatic heterocycles. The molecule has 12 nitrogen and oxygen atoms in total. The van der Waals surface area contributed by atoms with Gasteiger partial charge < -0.3 is 28.4 Å². The molecule has 0 aliphatic heterocycles. The second kappa shape index (κ2) is 20.1. The number of nitrogens with zero attached hydrogens (tertiary/aromatic N) is 4. The van der Waals surface area contributed by atoms with E-state index in [1.54, 1.807) is 22.8 Å². The van der Waals surface area contributed by atoms with Crippen LogP contribution in [0.1, 0.15) is 98.9 Å². The molecule has 2 fully saturated rings. The largest absolute Gasteiger partial charge is 0.469 e. The van der Waals surface area contributed by atoms with Gasteiger partial charge in [-0.25, -0.2) is 19.4 Å². The molecule has 2 aliphatic rings. The molecular weight excluding hydrogens is 713 g/mol. The number of aromatic nitrogens is 2. The van der Waals surface area contributed by atoms with Crippen LogP contribution >= 0.6 is 0 Å². The number of hydrogen-bond acceptors (Lipinski definition) is 11. The molecule has 2 unspecified atom stereocenters. The Labute approximate surface area is 330 Å². The minimum Gasteiger partial charge on any atom is -0.469 e. The zero-order valence-corrected chi connectivity index (χ0v) is 33.3. The molecule has 0 saturated heterocycles. The van der Waals surface area contributed by atoms with Gasteiger partial charge >= 0.3 is 23.9 Å². The predicted molar refractivity (Wildman–Crippen MR) is 211 cm³/mol. The van der Waals surface area contributed by atoms with Gasteiger partial charge in [0.15, 0.2) is 0 Å². The van der Waals surface area contributed by atoms with E-state index < -0.39 is 29.9 Å². The van der Waals surface area contributed by atoms with Gasteiger partial charge in [-0.2, -0.15) is 0 Å². The smallest absolute Gasteiger partial charge is 0.357 e. The lowest BCUT2D eigenvalue weighted by atomic mass is 9.67. The molecular formula is C44H56N4O8. The van der Waals surface area contributed by atoms with Crippen LogP contribution in [0.2, 0.25) is 0 Å². The number of imidazole rings is 1. The van der Waals surface area contributed by atoms with E-state index in [1.165, 1.54) is 26.6 Å². The normalized spacial score (nSPS) is 22.1. The third-order valence-electron chi connectivity index (χ3n) is 12.1. The van der Waals surface area contributed by atoms with Crippen LogP contribution in [-0.2, 0) is 33.3 Å². The SMILES string of the molecule is C=N/C=C(/C(=O)OC(C(=O)OC)C1CCC(C2CCC(C(COC(=O)c3cncn3[C@H](C)c3ccccc3)C(=O)OC)CC2)CC1)N(C)[C@H](C)c1ccccc1. The third kappa shape index (κ3) is 10.1. The first-order valence-corrected chi connectivity index (χ1v) is 19.6. The molecule has 0 amide bonds. The summed E-state index contributed by atoms with van der Waals surface area (Å²) >= 11 is 0. The summed E-state index contributed by atoms with van der Waals surface area (Å²) in [4.78, 5) is 62.8. The molecule has 300 valence electrons. The summed E-state index contributed by atoms with van der Waals surface area (Å²) in [6.07, 6.45) is 10.1. The summed E-state index contributed by atoms with van der Waals surface area (Å²) < 4.78 is 23.8. The van der Waals surface area contributed by atoms with Crippen molar-refractivity contribution in [1.29, 1.82) is 0 Å². The van der Waals surface area contributed by atoms with Gasteiger partial charge in [0.25, 0.3) is 0 Å². The Kier molecular flexibility index (Phi) is 15.0. The van der Waals surface area contributed by atoms with Gasteiger partial charge in [0.2, 0.25) is 6.10 Å². The molecule has 0 bridgehead atoms. The molecule has 0 N–H and O–H groups in total. The Morgan fingerprint density at radius 2 is 1.39 bits per heavy atom. The zero-order chi connectivity index (χ0) is 40.2. The van der Waals surface area contributed by atoms with Crippen LogP contribution in [0.15, 0.2) is 90.1 Å². The highest BCUT2D eigenvalue weighted by molar-refractivity contribution is 5.90. The van der Waals surface area contributed by atoms with Crippen molar-refractivity contribution in [2.24, 2.45) is 34.6 Å². The molecule has 4 atom stereocenters. The van der Waals surface area contributed by atoms with Crippen molar-refractivity contribution >= 4 is 30.6 Å². The van der Waals surface area contributed by atoms with E-state index in [9.17, 15) is 19.2 Å². The monoisotopic (exact) mass is 768 g/mol.